The lowest BCUT2D eigenvalue weighted by molar-refractivity contribution is -0.140. The molecule has 1 aliphatic rings. The summed E-state index contributed by atoms with van der Waals surface area (Å²) in [5.74, 6) is 2.12. The predicted octanol–water partition coefficient (Wildman–Crippen LogP) is 2.93. The van der Waals surface area contributed by atoms with E-state index in [9.17, 15) is 4.79 Å². The molecule has 146 valence electrons. The molecule has 2 rings (SSSR count). The quantitative estimate of drug-likeness (QED) is 0.745. The van der Waals surface area contributed by atoms with E-state index in [-0.39, 0.29) is 18.0 Å². The van der Waals surface area contributed by atoms with Gasteiger partial charge in [0.05, 0.1) is 27.4 Å². The minimum absolute atomic E-state index is 0.0442. The topological polar surface area (TPSA) is 51.2 Å². The number of rotatable bonds is 7. The summed E-state index contributed by atoms with van der Waals surface area (Å²) in [5, 5.41) is 0. The fraction of sp³-hybridized carbons (Fsp3) is 0.650. The Labute approximate surface area is 157 Å². The zero-order valence-corrected chi connectivity index (χ0v) is 16.9. The van der Waals surface area contributed by atoms with Gasteiger partial charge in [-0.25, -0.2) is 0 Å². The average Bonchev–Trinajstić information content (AvgIpc) is 2.64. The standard InChI is InChI=1S/C20H32N2O4/c1-14(2)22(20(23)16-9-7-8-10-21(16)3)13-15-11-18(25-5)19(26-6)12-17(15)24-4/h11-12,14,16H,7-10,13H2,1-6H3/t16-/m0/s1. The fourth-order valence-corrected chi connectivity index (χ4v) is 3.49. The SMILES string of the molecule is COc1cc(OC)c(OC)cc1CN(C(=O)[C@@H]1CCCCN1C)C(C)C. The summed E-state index contributed by atoms with van der Waals surface area (Å²) < 4.78 is 16.3. The first-order chi connectivity index (χ1) is 12.4. The lowest BCUT2D eigenvalue weighted by atomic mass is 10.0. The predicted molar refractivity (Wildman–Crippen MR) is 102 cm³/mol. The Bertz CT molecular complexity index is 618. The molecule has 1 aromatic rings. The van der Waals surface area contributed by atoms with Gasteiger partial charge in [0, 0.05) is 24.2 Å². The molecule has 0 spiro atoms. The maximum absolute atomic E-state index is 13.2. The summed E-state index contributed by atoms with van der Waals surface area (Å²) in [6.07, 6.45) is 3.18. The number of benzene rings is 1. The monoisotopic (exact) mass is 364 g/mol. The number of likely N-dealkylation sites (tertiary alicyclic amines) is 1. The van der Waals surface area contributed by atoms with Crippen molar-refractivity contribution >= 4 is 5.91 Å². The molecule has 1 atom stereocenters. The molecule has 0 bridgehead atoms. The lowest BCUT2D eigenvalue weighted by Gasteiger charge is -2.37. The van der Waals surface area contributed by atoms with Gasteiger partial charge in [-0.1, -0.05) is 6.42 Å². The van der Waals surface area contributed by atoms with Gasteiger partial charge >= 0.3 is 0 Å². The maximum atomic E-state index is 13.2. The average molecular weight is 364 g/mol. The number of methoxy groups -OCH3 is 3. The van der Waals surface area contributed by atoms with Crippen LogP contribution in [-0.2, 0) is 11.3 Å². The van der Waals surface area contributed by atoms with Crippen molar-refractivity contribution in [3.63, 3.8) is 0 Å². The van der Waals surface area contributed by atoms with Crippen LogP contribution in [0.15, 0.2) is 12.1 Å². The number of likely N-dealkylation sites (N-methyl/N-ethyl adjacent to an activating group) is 1. The molecular weight excluding hydrogens is 332 g/mol. The van der Waals surface area contributed by atoms with E-state index in [0.29, 0.717) is 23.8 Å². The first-order valence-corrected chi connectivity index (χ1v) is 9.22. The number of nitrogens with zero attached hydrogens (tertiary/aromatic N) is 2. The van der Waals surface area contributed by atoms with E-state index in [1.54, 1.807) is 21.3 Å². The van der Waals surface area contributed by atoms with E-state index in [2.05, 4.69) is 4.90 Å². The van der Waals surface area contributed by atoms with Gasteiger partial charge < -0.3 is 19.1 Å². The highest BCUT2D eigenvalue weighted by Crippen LogP contribution is 2.35. The second-order valence-electron chi connectivity index (χ2n) is 7.07. The van der Waals surface area contributed by atoms with Crippen molar-refractivity contribution in [1.29, 1.82) is 0 Å². The largest absolute Gasteiger partial charge is 0.496 e. The highest BCUT2D eigenvalue weighted by atomic mass is 16.5. The molecule has 6 heteroatoms. The van der Waals surface area contributed by atoms with Gasteiger partial charge in [0.15, 0.2) is 11.5 Å². The summed E-state index contributed by atoms with van der Waals surface area (Å²) in [5.41, 5.74) is 0.908. The van der Waals surface area contributed by atoms with Crippen LogP contribution in [0.1, 0.15) is 38.7 Å². The number of amides is 1. The van der Waals surface area contributed by atoms with Crippen molar-refractivity contribution in [2.45, 2.75) is 51.7 Å². The Balaban J connectivity index is 2.30. The van der Waals surface area contributed by atoms with E-state index in [1.807, 2.05) is 37.9 Å². The third-order valence-corrected chi connectivity index (χ3v) is 5.09. The summed E-state index contributed by atoms with van der Waals surface area (Å²) in [6, 6.07) is 3.75. The van der Waals surface area contributed by atoms with Crippen LogP contribution in [0.25, 0.3) is 0 Å². The zero-order chi connectivity index (χ0) is 19.3. The fourth-order valence-electron chi connectivity index (χ4n) is 3.49. The van der Waals surface area contributed by atoms with Gasteiger partial charge in [0.25, 0.3) is 0 Å². The summed E-state index contributed by atoms with van der Waals surface area (Å²) >= 11 is 0. The molecule has 1 heterocycles. The van der Waals surface area contributed by atoms with Crippen LogP contribution in [0.4, 0.5) is 0 Å². The van der Waals surface area contributed by atoms with Crippen LogP contribution in [-0.4, -0.2) is 62.7 Å². The molecule has 0 saturated carbocycles. The van der Waals surface area contributed by atoms with Gasteiger partial charge in [0.1, 0.15) is 5.75 Å². The smallest absolute Gasteiger partial charge is 0.240 e. The second kappa shape index (κ2) is 9.12. The third-order valence-electron chi connectivity index (χ3n) is 5.09. The Kier molecular flexibility index (Phi) is 7.14. The van der Waals surface area contributed by atoms with Crippen molar-refractivity contribution in [1.82, 2.24) is 9.80 Å². The van der Waals surface area contributed by atoms with Gasteiger partial charge in [-0.05, 0) is 46.3 Å². The molecule has 0 aliphatic carbocycles. The summed E-state index contributed by atoms with van der Waals surface area (Å²) in [7, 11) is 6.87. The Morgan fingerprint density at radius 3 is 2.27 bits per heavy atom. The van der Waals surface area contributed by atoms with Gasteiger partial charge in [-0.15, -0.1) is 0 Å². The maximum Gasteiger partial charge on any atom is 0.240 e. The van der Waals surface area contributed by atoms with Crippen LogP contribution < -0.4 is 14.2 Å². The minimum atomic E-state index is -0.0442. The molecule has 1 aliphatic heterocycles. The lowest BCUT2D eigenvalue weighted by Crippen LogP contribution is -2.51. The zero-order valence-electron chi connectivity index (χ0n) is 16.9. The molecule has 0 aromatic heterocycles. The van der Waals surface area contributed by atoms with Crippen molar-refractivity contribution in [2.24, 2.45) is 0 Å². The number of ether oxygens (including phenoxy) is 3. The van der Waals surface area contributed by atoms with Crippen molar-refractivity contribution in [2.75, 3.05) is 34.9 Å². The van der Waals surface area contributed by atoms with Crippen LogP contribution in [0, 0.1) is 0 Å². The minimum Gasteiger partial charge on any atom is -0.496 e. The number of carbonyl (C=O) groups is 1. The Morgan fingerprint density at radius 1 is 1.12 bits per heavy atom. The first kappa shape index (κ1) is 20.4. The van der Waals surface area contributed by atoms with E-state index in [1.165, 1.54) is 0 Å². The molecular formula is C20H32N2O4. The first-order valence-electron chi connectivity index (χ1n) is 9.22. The molecule has 0 N–H and O–H groups in total. The van der Waals surface area contributed by atoms with Gasteiger partial charge in [0.2, 0.25) is 5.91 Å². The van der Waals surface area contributed by atoms with Crippen LogP contribution in [0.3, 0.4) is 0 Å². The van der Waals surface area contributed by atoms with E-state index >= 15 is 0 Å². The number of carbonyl (C=O) groups excluding carboxylic acids is 1. The van der Waals surface area contributed by atoms with E-state index < -0.39 is 0 Å². The number of hydrogen-bond acceptors (Lipinski definition) is 5. The number of piperidine rings is 1. The molecule has 26 heavy (non-hydrogen) atoms. The highest BCUT2D eigenvalue weighted by Gasteiger charge is 2.31. The van der Waals surface area contributed by atoms with E-state index in [0.717, 1.165) is 31.4 Å². The summed E-state index contributed by atoms with van der Waals surface area (Å²) in [6.45, 7) is 5.55. The van der Waals surface area contributed by atoms with Crippen molar-refractivity contribution in [3.8, 4) is 17.2 Å². The van der Waals surface area contributed by atoms with Gasteiger partial charge in [-0.2, -0.15) is 0 Å². The molecule has 0 radical (unpaired) electrons. The van der Waals surface area contributed by atoms with Crippen molar-refractivity contribution in [3.05, 3.63) is 17.7 Å². The van der Waals surface area contributed by atoms with Crippen LogP contribution >= 0.6 is 0 Å². The van der Waals surface area contributed by atoms with Gasteiger partial charge in [-0.3, -0.25) is 9.69 Å². The molecule has 1 fully saturated rings. The summed E-state index contributed by atoms with van der Waals surface area (Å²) in [4.78, 5) is 17.3. The molecule has 1 aromatic carbocycles. The number of hydrogen-bond donors (Lipinski definition) is 0. The van der Waals surface area contributed by atoms with Crippen molar-refractivity contribution < 1.29 is 19.0 Å². The normalized spacial score (nSPS) is 17.9. The second-order valence-corrected chi connectivity index (χ2v) is 7.07. The molecule has 0 unspecified atom stereocenters. The third kappa shape index (κ3) is 4.41. The highest BCUT2D eigenvalue weighted by molar-refractivity contribution is 5.82. The molecule has 1 amide bonds. The van der Waals surface area contributed by atoms with Crippen LogP contribution in [0.5, 0.6) is 17.2 Å². The Morgan fingerprint density at radius 2 is 1.73 bits per heavy atom. The van der Waals surface area contributed by atoms with E-state index in [4.69, 9.17) is 14.2 Å². The molecule has 6 nitrogen and oxygen atoms in total. The van der Waals surface area contributed by atoms with Crippen LogP contribution in [0.2, 0.25) is 0 Å². The molecule has 1 saturated heterocycles. The Hall–Kier alpha value is -1.95.